The zero-order valence-electron chi connectivity index (χ0n) is 12.8. The third-order valence-electron chi connectivity index (χ3n) is 3.82. The minimum Gasteiger partial charge on any atom is -0.0843 e. The maximum Gasteiger partial charge on any atom is 0.0406 e. The highest BCUT2D eigenvalue weighted by molar-refractivity contribution is 9.15. The zero-order chi connectivity index (χ0) is 16.9. The number of benzene rings is 3. The van der Waals surface area contributed by atoms with Crippen LogP contribution in [0.5, 0.6) is 0 Å². The zero-order valence-corrected chi connectivity index (χ0v) is 15.9. The monoisotopic (exact) mass is 416 g/mol. The molecule has 0 fully saturated rings. The molecule has 0 atom stereocenters. The molecular weight excluding hydrogens is 403 g/mol. The first kappa shape index (κ1) is 17.3. The van der Waals surface area contributed by atoms with Gasteiger partial charge in [-0.1, -0.05) is 99.8 Å². The van der Waals surface area contributed by atoms with Gasteiger partial charge in [-0.3, -0.25) is 0 Å². The Labute approximate surface area is 160 Å². The molecule has 3 heteroatoms. The van der Waals surface area contributed by atoms with Crippen molar-refractivity contribution in [2.24, 2.45) is 0 Å². The molecule has 0 aromatic heterocycles. The molecule has 3 rings (SSSR count). The number of hydrogen-bond donors (Lipinski definition) is 0. The highest BCUT2D eigenvalue weighted by Gasteiger charge is 2.13. The Hall–Kier alpha value is -1.54. The van der Waals surface area contributed by atoms with Crippen molar-refractivity contribution in [1.29, 1.82) is 0 Å². The molecule has 0 radical (unpaired) electrons. The number of rotatable bonds is 4. The fraction of sp³-hybridized carbons (Fsp3) is 0.0476. The number of allylic oxidation sites excluding steroid dienone is 1. The Morgan fingerprint density at radius 1 is 0.708 bits per heavy atom. The highest BCUT2D eigenvalue weighted by atomic mass is 79.9. The molecule has 0 heterocycles. The molecule has 0 aliphatic carbocycles. The largest absolute Gasteiger partial charge is 0.0843 e. The smallest absolute Gasteiger partial charge is 0.0406 e. The van der Waals surface area contributed by atoms with Crippen LogP contribution in [0.2, 0.25) is 10.0 Å². The van der Waals surface area contributed by atoms with Crippen LogP contribution >= 0.6 is 39.1 Å². The Bertz CT molecular complexity index is 776. The van der Waals surface area contributed by atoms with Crippen LogP contribution < -0.4 is 0 Å². The van der Waals surface area contributed by atoms with Gasteiger partial charge >= 0.3 is 0 Å². The van der Waals surface area contributed by atoms with Crippen LogP contribution in [0.3, 0.4) is 0 Å². The van der Waals surface area contributed by atoms with E-state index in [-0.39, 0.29) is 5.92 Å². The summed E-state index contributed by atoms with van der Waals surface area (Å²) in [6.07, 6.45) is 2.21. The van der Waals surface area contributed by atoms with Gasteiger partial charge in [-0.15, -0.1) is 0 Å². The summed E-state index contributed by atoms with van der Waals surface area (Å²) in [5.74, 6) is 0.106. The first-order chi connectivity index (χ1) is 11.6. The van der Waals surface area contributed by atoms with Gasteiger partial charge in [-0.25, -0.2) is 0 Å². The van der Waals surface area contributed by atoms with E-state index in [1.165, 1.54) is 11.1 Å². The van der Waals surface area contributed by atoms with Gasteiger partial charge in [-0.05, 0) is 41.0 Å². The van der Waals surface area contributed by atoms with E-state index in [0.717, 1.165) is 20.1 Å². The summed E-state index contributed by atoms with van der Waals surface area (Å²) in [6, 6.07) is 26.2. The highest BCUT2D eigenvalue weighted by Crippen LogP contribution is 2.33. The third kappa shape index (κ3) is 4.30. The predicted octanol–water partition coefficient (Wildman–Crippen LogP) is 7.56. The maximum absolute atomic E-state index is 6.04. The fourth-order valence-corrected chi connectivity index (χ4v) is 3.35. The van der Waals surface area contributed by atoms with Crippen molar-refractivity contribution in [1.82, 2.24) is 0 Å². The average Bonchev–Trinajstić information content (AvgIpc) is 2.62. The molecule has 3 aromatic rings. The minimum absolute atomic E-state index is 0.106. The molecule has 0 aliphatic heterocycles. The summed E-state index contributed by atoms with van der Waals surface area (Å²) in [5, 5.41) is 1.47. The summed E-state index contributed by atoms with van der Waals surface area (Å²) in [6.45, 7) is 0. The standard InChI is InChI=1S/C21H15BrCl2/c22-21(17-4-2-1-3-5-17)14-20(15-6-10-18(23)11-7-15)16-8-12-19(24)13-9-16/h1-14,20H/b21-14+. The van der Waals surface area contributed by atoms with Crippen LogP contribution in [0.1, 0.15) is 22.6 Å². The molecule has 24 heavy (non-hydrogen) atoms. The molecule has 0 N–H and O–H groups in total. The number of halogens is 3. The van der Waals surface area contributed by atoms with E-state index >= 15 is 0 Å². The van der Waals surface area contributed by atoms with E-state index in [4.69, 9.17) is 23.2 Å². The molecular formula is C21H15BrCl2. The lowest BCUT2D eigenvalue weighted by molar-refractivity contribution is 1.03. The van der Waals surface area contributed by atoms with Crippen LogP contribution in [0.4, 0.5) is 0 Å². The van der Waals surface area contributed by atoms with Gasteiger partial charge in [0.05, 0.1) is 0 Å². The Balaban J connectivity index is 2.04. The van der Waals surface area contributed by atoms with Gasteiger partial charge in [0.25, 0.3) is 0 Å². The van der Waals surface area contributed by atoms with Gasteiger partial charge in [0.1, 0.15) is 0 Å². The summed E-state index contributed by atoms with van der Waals surface area (Å²) >= 11 is 15.8. The van der Waals surface area contributed by atoms with Crippen molar-refractivity contribution in [3.05, 3.63) is 112 Å². The molecule has 0 spiro atoms. The molecule has 0 aliphatic rings. The van der Waals surface area contributed by atoms with Crippen molar-refractivity contribution >= 4 is 43.6 Å². The first-order valence-electron chi connectivity index (χ1n) is 7.57. The fourth-order valence-electron chi connectivity index (χ4n) is 2.57. The first-order valence-corrected chi connectivity index (χ1v) is 9.12. The third-order valence-corrected chi connectivity index (χ3v) is 5.05. The van der Waals surface area contributed by atoms with Crippen molar-refractivity contribution in [3.63, 3.8) is 0 Å². The van der Waals surface area contributed by atoms with E-state index in [1.54, 1.807) is 0 Å². The van der Waals surface area contributed by atoms with Gasteiger partial charge in [-0.2, -0.15) is 0 Å². The van der Waals surface area contributed by atoms with Crippen LogP contribution in [-0.2, 0) is 0 Å². The lowest BCUT2D eigenvalue weighted by atomic mass is 9.90. The van der Waals surface area contributed by atoms with Gasteiger partial charge in [0, 0.05) is 20.4 Å². The van der Waals surface area contributed by atoms with E-state index in [9.17, 15) is 0 Å². The summed E-state index contributed by atoms with van der Waals surface area (Å²) in [5.41, 5.74) is 3.50. The minimum atomic E-state index is 0.106. The van der Waals surface area contributed by atoms with E-state index < -0.39 is 0 Å². The Morgan fingerprint density at radius 2 is 1.17 bits per heavy atom. The van der Waals surface area contributed by atoms with E-state index in [0.29, 0.717) is 0 Å². The Morgan fingerprint density at radius 3 is 1.62 bits per heavy atom. The summed E-state index contributed by atoms with van der Waals surface area (Å²) in [7, 11) is 0. The lowest BCUT2D eigenvalue weighted by Gasteiger charge is -2.16. The van der Waals surface area contributed by atoms with Crippen LogP contribution in [0, 0.1) is 0 Å². The molecule has 120 valence electrons. The molecule has 0 nitrogen and oxygen atoms in total. The van der Waals surface area contributed by atoms with Crippen LogP contribution in [0.25, 0.3) is 4.48 Å². The SMILES string of the molecule is Clc1ccc(C(/C=C(/Br)c2ccccc2)c2ccc(Cl)cc2)cc1. The molecule has 0 saturated carbocycles. The lowest BCUT2D eigenvalue weighted by Crippen LogP contribution is -1.98. The van der Waals surface area contributed by atoms with Crippen LogP contribution in [-0.4, -0.2) is 0 Å². The predicted molar refractivity (Wildman–Crippen MR) is 108 cm³/mol. The quantitative estimate of drug-likeness (QED) is 0.410. The van der Waals surface area contributed by atoms with Gasteiger partial charge in [0.2, 0.25) is 0 Å². The second kappa shape index (κ2) is 8.02. The summed E-state index contributed by atoms with van der Waals surface area (Å²) in [4.78, 5) is 0. The maximum atomic E-state index is 6.04. The van der Waals surface area contributed by atoms with Crippen molar-refractivity contribution < 1.29 is 0 Å². The molecule has 0 saturated heterocycles. The number of hydrogen-bond acceptors (Lipinski definition) is 0. The van der Waals surface area contributed by atoms with E-state index in [1.807, 2.05) is 42.5 Å². The van der Waals surface area contributed by atoms with Gasteiger partial charge in [0.15, 0.2) is 0 Å². The second-order valence-electron chi connectivity index (χ2n) is 5.46. The molecule has 0 bridgehead atoms. The summed E-state index contributed by atoms with van der Waals surface area (Å²) < 4.78 is 1.05. The Kier molecular flexibility index (Phi) is 5.78. The molecule has 0 unspecified atom stereocenters. The molecule has 3 aromatic carbocycles. The van der Waals surface area contributed by atoms with Crippen molar-refractivity contribution in [2.75, 3.05) is 0 Å². The average molecular weight is 418 g/mol. The molecule has 0 amide bonds. The normalized spacial score (nSPS) is 11.8. The second-order valence-corrected chi connectivity index (χ2v) is 7.19. The van der Waals surface area contributed by atoms with Crippen LogP contribution in [0.15, 0.2) is 84.9 Å². The van der Waals surface area contributed by atoms with Gasteiger partial charge < -0.3 is 0 Å². The topological polar surface area (TPSA) is 0 Å². The van der Waals surface area contributed by atoms with Crippen molar-refractivity contribution in [3.8, 4) is 0 Å². The van der Waals surface area contributed by atoms with Crippen molar-refractivity contribution in [2.45, 2.75) is 5.92 Å². The van der Waals surface area contributed by atoms with E-state index in [2.05, 4.69) is 58.4 Å².